The number of nitrogens with zero attached hydrogens (tertiary/aromatic N) is 2. The predicted octanol–water partition coefficient (Wildman–Crippen LogP) is 2.82. The second-order valence-electron chi connectivity index (χ2n) is 3.62. The van der Waals surface area contributed by atoms with Crippen molar-refractivity contribution in [2.24, 2.45) is 0 Å². The summed E-state index contributed by atoms with van der Waals surface area (Å²) in [7, 11) is -4.02. The van der Waals surface area contributed by atoms with Gasteiger partial charge >= 0.3 is 0 Å². The third-order valence-electron chi connectivity index (χ3n) is 2.17. The topological polar surface area (TPSA) is 98.0 Å². The minimum atomic E-state index is -4.02. The molecule has 0 fully saturated rings. The van der Waals surface area contributed by atoms with Gasteiger partial charge in [-0.05, 0) is 29.8 Å². The van der Waals surface area contributed by atoms with Crippen molar-refractivity contribution in [1.29, 1.82) is 0 Å². The summed E-state index contributed by atoms with van der Waals surface area (Å²) in [4.78, 5) is 7.08. The molecule has 0 aliphatic heterocycles. The monoisotopic (exact) mass is 352 g/mol. The smallest absolute Gasteiger partial charge is 0.266 e. The number of halogens is 3. The van der Waals surface area contributed by atoms with Crippen LogP contribution in [0.1, 0.15) is 0 Å². The van der Waals surface area contributed by atoms with Crippen molar-refractivity contribution >= 4 is 56.3 Å². The van der Waals surface area contributed by atoms with E-state index in [0.717, 1.165) is 0 Å². The molecular formula is C10H7Cl3N4O2S. The van der Waals surface area contributed by atoms with E-state index in [-0.39, 0.29) is 31.7 Å². The lowest BCUT2D eigenvalue weighted by Crippen LogP contribution is -2.16. The fraction of sp³-hybridized carbons (Fsp3) is 0. The largest absolute Gasteiger partial charge is 0.398 e. The molecule has 0 saturated carbocycles. The van der Waals surface area contributed by atoms with Gasteiger partial charge in [0.05, 0.1) is 10.7 Å². The Morgan fingerprint density at radius 2 is 1.90 bits per heavy atom. The summed E-state index contributed by atoms with van der Waals surface area (Å²) in [6.07, 6.45) is 1.31. The number of anilines is 2. The van der Waals surface area contributed by atoms with Crippen LogP contribution in [0.2, 0.25) is 15.3 Å². The molecule has 1 aromatic heterocycles. The second kappa shape index (κ2) is 5.61. The Balaban J connectivity index is 2.46. The normalized spacial score (nSPS) is 11.3. The van der Waals surface area contributed by atoms with Gasteiger partial charge in [0.1, 0.15) is 10.7 Å². The highest BCUT2D eigenvalue weighted by atomic mass is 35.5. The molecule has 6 nitrogen and oxygen atoms in total. The molecule has 0 radical (unpaired) electrons. The number of nitrogens with one attached hydrogen (secondary N) is 1. The summed E-state index contributed by atoms with van der Waals surface area (Å²) in [5.41, 5.74) is 5.57. The van der Waals surface area contributed by atoms with Crippen LogP contribution in [-0.4, -0.2) is 18.4 Å². The maximum absolute atomic E-state index is 12.2. The van der Waals surface area contributed by atoms with Crippen LogP contribution in [0.15, 0.2) is 29.3 Å². The summed E-state index contributed by atoms with van der Waals surface area (Å²) in [6, 6.07) is 3.90. The van der Waals surface area contributed by atoms with Gasteiger partial charge in [0, 0.05) is 11.2 Å². The second-order valence-corrected chi connectivity index (χ2v) is 6.42. The van der Waals surface area contributed by atoms with Gasteiger partial charge in [-0.1, -0.05) is 23.2 Å². The number of benzene rings is 1. The van der Waals surface area contributed by atoms with Crippen LogP contribution >= 0.6 is 34.8 Å². The zero-order chi connectivity index (χ0) is 14.9. The van der Waals surface area contributed by atoms with Crippen molar-refractivity contribution in [3.8, 4) is 0 Å². The molecule has 2 rings (SSSR count). The molecule has 0 aliphatic carbocycles. The standard InChI is InChI=1S/C10H7Cl3N4O2S/c11-5-3-6(12)9(7(14)4-5)20(18,19)17-8-1-2-15-10(13)16-8/h1-4H,14H2,(H,15,16,17). The summed E-state index contributed by atoms with van der Waals surface area (Å²) >= 11 is 17.2. The number of sulfonamides is 1. The lowest BCUT2D eigenvalue weighted by Gasteiger charge is -2.11. The Bertz CT molecular complexity index is 744. The predicted molar refractivity (Wildman–Crippen MR) is 78.7 cm³/mol. The van der Waals surface area contributed by atoms with Crippen molar-refractivity contribution in [2.75, 3.05) is 10.5 Å². The van der Waals surface area contributed by atoms with Gasteiger partial charge in [0.25, 0.3) is 10.0 Å². The van der Waals surface area contributed by atoms with Crippen molar-refractivity contribution in [3.63, 3.8) is 0 Å². The van der Waals surface area contributed by atoms with E-state index in [1.807, 2.05) is 0 Å². The molecule has 106 valence electrons. The number of hydrogen-bond acceptors (Lipinski definition) is 5. The van der Waals surface area contributed by atoms with E-state index < -0.39 is 10.0 Å². The number of rotatable bonds is 3. The van der Waals surface area contributed by atoms with E-state index in [4.69, 9.17) is 40.5 Å². The van der Waals surface area contributed by atoms with Gasteiger partial charge in [0.15, 0.2) is 0 Å². The van der Waals surface area contributed by atoms with Gasteiger partial charge in [-0.3, -0.25) is 4.72 Å². The zero-order valence-electron chi connectivity index (χ0n) is 9.64. The molecule has 1 heterocycles. The highest BCUT2D eigenvalue weighted by Crippen LogP contribution is 2.32. The van der Waals surface area contributed by atoms with Crippen LogP contribution in [0.3, 0.4) is 0 Å². The molecule has 0 atom stereocenters. The summed E-state index contributed by atoms with van der Waals surface area (Å²) < 4.78 is 26.7. The first kappa shape index (κ1) is 15.1. The molecule has 3 N–H and O–H groups in total. The van der Waals surface area contributed by atoms with E-state index in [1.165, 1.54) is 24.4 Å². The van der Waals surface area contributed by atoms with E-state index in [0.29, 0.717) is 0 Å². The number of aromatic nitrogens is 2. The summed E-state index contributed by atoms with van der Waals surface area (Å²) in [5, 5.41) is 0.0413. The minimum absolute atomic E-state index is 0.00424. The van der Waals surface area contributed by atoms with Crippen molar-refractivity contribution < 1.29 is 8.42 Å². The first-order chi connectivity index (χ1) is 9.29. The van der Waals surface area contributed by atoms with Gasteiger partial charge in [0.2, 0.25) is 5.28 Å². The lowest BCUT2D eigenvalue weighted by atomic mass is 10.3. The number of hydrogen-bond donors (Lipinski definition) is 2. The average molecular weight is 354 g/mol. The van der Waals surface area contributed by atoms with Gasteiger partial charge in [-0.25, -0.2) is 13.4 Å². The molecule has 1 aromatic carbocycles. The molecule has 0 spiro atoms. The van der Waals surface area contributed by atoms with Crippen molar-refractivity contribution in [1.82, 2.24) is 9.97 Å². The minimum Gasteiger partial charge on any atom is -0.398 e. The van der Waals surface area contributed by atoms with E-state index >= 15 is 0 Å². The van der Waals surface area contributed by atoms with Crippen molar-refractivity contribution in [3.05, 3.63) is 39.7 Å². The Morgan fingerprint density at radius 3 is 2.50 bits per heavy atom. The third kappa shape index (κ3) is 3.24. The van der Waals surface area contributed by atoms with E-state index in [2.05, 4.69) is 14.7 Å². The first-order valence-electron chi connectivity index (χ1n) is 5.05. The van der Waals surface area contributed by atoms with Crippen LogP contribution in [0.5, 0.6) is 0 Å². The molecular weight excluding hydrogens is 347 g/mol. The average Bonchev–Trinajstić information content (AvgIpc) is 2.25. The number of nitrogens with two attached hydrogens (primary N) is 1. The van der Waals surface area contributed by atoms with Crippen LogP contribution in [0.4, 0.5) is 11.5 Å². The Kier molecular flexibility index (Phi) is 4.24. The highest BCUT2D eigenvalue weighted by Gasteiger charge is 2.22. The highest BCUT2D eigenvalue weighted by molar-refractivity contribution is 7.93. The van der Waals surface area contributed by atoms with Gasteiger partial charge < -0.3 is 5.73 Å². The number of nitrogen functional groups attached to an aromatic ring is 1. The fourth-order valence-electron chi connectivity index (χ4n) is 1.44. The molecule has 2 aromatic rings. The van der Waals surface area contributed by atoms with Crippen molar-refractivity contribution in [2.45, 2.75) is 4.90 Å². The summed E-state index contributed by atoms with van der Waals surface area (Å²) in [6.45, 7) is 0. The van der Waals surface area contributed by atoms with Crippen LogP contribution in [0, 0.1) is 0 Å². The van der Waals surface area contributed by atoms with Crippen LogP contribution in [-0.2, 0) is 10.0 Å². The first-order valence-corrected chi connectivity index (χ1v) is 7.67. The molecule has 0 aliphatic rings. The molecule has 0 amide bonds. The van der Waals surface area contributed by atoms with Gasteiger partial charge in [-0.15, -0.1) is 0 Å². The SMILES string of the molecule is Nc1cc(Cl)cc(Cl)c1S(=O)(=O)Nc1ccnc(Cl)n1. The fourth-order valence-corrected chi connectivity index (χ4v) is 3.58. The molecule has 10 heteroatoms. The Morgan fingerprint density at radius 1 is 1.20 bits per heavy atom. The van der Waals surface area contributed by atoms with Crippen LogP contribution in [0.25, 0.3) is 0 Å². The van der Waals surface area contributed by atoms with E-state index in [1.54, 1.807) is 0 Å². The lowest BCUT2D eigenvalue weighted by molar-refractivity contribution is 0.601. The maximum Gasteiger partial charge on any atom is 0.266 e. The van der Waals surface area contributed by atoms with Gasteiger partial charge in [-0.2, -0.15) is 4.98 Å². The maximum atomic E-state index is 12.2. The quantitative estimate of drug-likeness (QED) is 0.653. The Labute approximate surface area is 129 Å². The Hall–Kier alpha value is -1.28. The molecule has 0 unspecified atom stereocenters. The van der Waals surface area contributed by atoms with E-state index in [9.17, 15) is 8.42 Å². The molecule has 0 saturated heterocycles. The van der Waals surface area contributed by atoms with Crippen LogP contribution < -0.4 is 10.5 Å². The molecule has 20 heavy (non-hydrogen) atoms. The third-order valence-corrected chi connectivity index (χ3v) is 4.45. The zero-order valence-corrected chi connectivity index (χ0v) is 12.7. The molecule has 0 bridgehead atoms. The summed E-state index contributed by atoms with van der Waals surface area (Å²) in [5.74, 6) is -0.00424.